The minimum Gasteiger partial charge on any atom is -0.504 e. The van der Waals surface area contributed by atoms with Crippen LogP contribution in [0.2, 0.25) is 0 Å². The van der Waals surface area contributed by atoms with Crippen LogP contribution in [0.4, 0.5) is 0 Å². The van der Waals surface area contributed by atoms with E-state index < -0.39 is 0 Å². The molecular weight excluding hydrogens is 232 g/mol. The zero-order chi connectivity index (χ0) is 13.0. The molecule has 0 aliphatic carbocycles. The van der Waals surface area contributed by atoms with Gasteiger partial charge in [0.15, 0.2) is 11.5 Å². The molecule has 2 rings (SSSR count). The van der Waals surface area contributed by atoms with E-state index in [1.807, 2.05) is 13.0 Å². The molecule has 0 saturated carbocycles. The van der Waals surface area contributed by atoms with Crippen molar-refractivity contribution < 1.29 is 14.3 Å². The number of phenolic OH excluding ortho intramolecular Hbond substituents is 1. The van der Waals surface area contributed by atoms with Crippen molar-refractivity contribution in [3.05, 3.63) is 41.6 Å². The van der Waals surface area contributed by atoms with Gasteiger partial charge in [0.1, 0.15) is 5.76 Å². The van der Waals surface area contributed by atoms with Crippen LogP contribution in [0.15, 0.2) is 28.8 Å². The van der Waals surface area contributed by atoms with Gasteiger partial charge in [0.2, 0.25) is 5.89 Å². The van der Waals surface area contributed by atoms with Crippen molar-refractivity contribution in [2.24, 2.45) is 0 Å². The summed E-state index contributed by atoms with van der Waals surface area (Å²) in [6.07, 6.45) is 1.70. The van der Waals surface area contributed by atoms with E-state index in [1.165, 1.54) is 7.11 Å². The van der Waals surface area contributed by atoms with Crippen LogP contribution in [0.3, 0.4) is 0 Å². The molecule has 0 unspecified atom stereocenters. The summed E-state index contributed by atoms with van der Waals surface area (Å²) in [5, 5.41) is 12.7. The Kier molecular flexibility index (Phi) is 3.84. The summed E-state index contributed by atoms with van der Waals surface area (Å²) in [6, 6.07) is 5.25. The van der Waals surface area contributed by atoms with E-state index >= 15 is 0 Å². The molecule has 0 bridgehead atoms. The normalized spacial score (nSPS) is 10.6. The average Bonchev–Trinajstić information content (AvgIpc) is 2.77. The fourth-order valence-corrected chi connectivity index (χ4v) is 1.63. The molecule has 0 atom stereocenters. The van der Waals surface area contributed by atoms with Gasteiger partial charge in [0.05, 0.1) is 19.9 Å². The Morgan fingerprint density at radius 1 is 1.39 bits per heavy atom. The lowest BCUT2D eigenvalue weighted by Crippen LogP contribution is -2.12. The number of nitrogens with one attached hydrogen (secondary N) is 1. The summed E-state index contributed by atoms with van der Waals surface area (Å²) < 4.78 is 10.4. The van der Waals surface area contributed by atoms with Crippen molar-refractivity contribution in [2.75, 3.05) is 7.11 Å². The molecule has 5 nitrogen and oxygen atoms in total. The van der Waals surface area contributed by atoms with Crippen LogP contribution in [0, 0.1) is 6.92 Å². The Bertz CT molecular complexity index is 523. The molecule has 1 aromatic carbocycles. The number of phenols is 1. The summed E-state index contributed by atoms with van der Waals surface area (Å²) in [6.45, 7) is 3.08. The predicted octanol–water partition coefficient (Wildman–Crippen LogP) is 1.99. The van der Waals surface area contributed by atoms with E-state index in [1.54, 1.807) is 18.3 Å². The molecule has 1 heterocycles. The zero-order valence-corrected chi connectivity index (χ0v) is 10.4. The van der Waals surface area contributed by atoms with Gasteiger partial charge in [-0.05, 0) is 24.6 Å². The van der Waals surface area contributed by atoms with Crippen LogP contribution < -0.4 is 10.1 Å². The summed E-state index contributed by atoms with van der Waals surface area (Å²) in [4.78, 5) is 4.10. The third-order valence-electron chi connectivity index (χ3n) is 2.52. The van der Waals surface area contributed by atoms with Gasteiger partial charge in [0.25, 0.3) is 0 Å². The highest BCUT2D eigenvalue weighted by atomic mass is 16.5. The fraction of sp³-hybridized carbons (Fsp3) is 0.308. The number of ether oxygens (including phenoxy) is 1. The lowest BCUT2D eigenvalue weighted by molar-refractivity contribution is 0.372. The number of hydrogen-bond donors (Lipinski definition) is 2. The van der Waals surface area contributed by atoms with E-state index in [-0.39, 0.29) is 5.75 Å². The molecule has 0 spiro atoms. The second kappa shape index (κ2) is 5.55. The minimum atomic E-state index is 0.143. The van der Waals surface area contributed by atoms with Crippen LogP contribution in [0.25, 0.3) is 0 Å². The molecule has 0 aliphatic heterocycles. The van der Waals surface area contributed by atoms with Gasteiger partial charge >= 0.3 is 0 Å². The third kappa shape index (κ3) is 3.01. The van der Waals surface area contributed by atoms with Gasteiger partial charge in [-0.3, -0.25) is 0 Å². The molecule has 18 heavy (non-hydrogen) atoms. The molecule has 0 radical (unpaired) electrons. The molecular formula is C13H16N2O3. The minimum absolute atomic E-state index is 0.143. The second-order valence-electron chi connectivity index (χ2n) is 3.97. The number of aromatic hydroxyl groups is 1. The van der Waals surface area contributed by atoms with Gasteiger partial charge in [-0.2, -0.15) is 0 Å². The van der Waals surface area contributed by atoms with Gasteiger partial charge in [-0.15, -0.1) is 0 Å². The van der Waals surface area contributed by atoms with Crippen LogP contribution in [0.5, 0.6) is 11.5 Å². The Labute approximate surface area is 105 Å². The average molecular weight is 248 g/mol. The Morgan fingerprint density at radius 2 is 2.22 bits per heavy atom. The highest BCUT2D eigenvalue weighted by molar-refractivity contribution is 5.41. The van der Waals surface area contributed by atoms with Gasteiger partial charge in [-0.25, -0.2) is 4.98 Å². The van der Waals surface area contributed by atoms with Crippen molar-refractivity contribution in [2.45, 2.75) is 20.0 Å². The van der Waals surface area contributed by atoms with E-state index in [0.29, 0.717) is 24.7 Å². The van der Waals surface area contributed by atoms with Crippen molar-refractivity contribution >= 4 is 0 Å². The Hall–Kier alpha value is -2.01. The fourth-order valence-electron chi connectivity index (χ4n) is 1.63. The van der Waals surface area contributed by atoms with Gasteiger partial charge in [-0.1, -0.05) is 6.07 Å². The zero-order valence-electron chi connectivity index (χ0n) is 10.4. The maximum atomic E-state index is 9.47. The molecule has 1 aromatic heterocycles. The van der Waals surface area contributed by atoms with Gasteiger partial charge in [0, 0.05) is 6.54 Å². The summed E-state index contributed by atoms with van der Waals surface area (Å²) in [5.74, 6) is 2.09. The Balaban J connectivity index is 1.90. The first kappa shape index (κ1) is 12.4. The number of aryl methyl sites for hydroxylation is 1. The highest BCUT2D eigenvalue weighted by Gasteiger charge is 2.03. The maximum Gasteiger partial charge on any atom is 0.208 e. The second-order valence-corrected chi connectivity index (χ2v) is 3.97. The van der Waals surface area contributed by atoms with Crippen molar-refractivity contribution in [1.82, 2.24) is 10.3 Å². The lowest BCUT2D eigenvalue weighted by atomic mass is 10.2. The number of benzene rings is 1. The molecule has 0 fully saturated rings. The summed E-state index contributed by atoms with van der Waals surface area (Å²) in [5.41, 5.74) is 1.02. The Morgan fingerprint density at radius 3 is 2.89 bits per heavy atom. The molecule has 0 saturated heterocycles. The molecule has 5 heteroatoms. The molecule has 96 valence electrons. The van der Waals surface area contributed by atoms with Crippen LogP contribution in [-0.2, 0) is 13.1 Å². The van der Waals surface area contributed by atoms with Crippen molar-refractivity contribution in [3.8, 4) is 11.5 Å². The van der Waals surface area contributed by atoms with E-state index in [9.17, 15) is 5.11 Å². The van der Waals surface area contributed by atoms with E-state index in [0.717, 1.165) is 11.3 Å². The number of oxazole rings is 1. The molecule has 0 aliphatic rings. The first-order valence-electron chi connectivity index (χ1n) is 5.67. The molecule has 0 amide bonds. The highest BCUT2D eigenvalue weighted by Crippen LogP contribution is 2.26. The van der Waals surface area contributed by atoms with Crippen LogP contribution in [0.1, 0.15) is 17.2 Å². The number of hydrogen-bond acceptors (Lipinski definition) is 5. The van der Waals surface area contributed by atoms with Gasteiger partial charge < -0.3 is 19.6 Å². The predicted molar refractivity (Wildman–Crippen MR) is 66.4 cm³/mol. The van der Waals surface area contributed by atoms with Crippen LogP contribution >= 0.6 is 0 Å². The first-order valence-corrected chi connectivity index (χ1v) is 5.67. The standard InChI is InChI=1S/C13H16N2O3/c1-9-6-15-13(18-9)8-14-7-10-3-4-11(16)12(5-10)17-2/h3-6,14,16H,7-8H2,1-2H3. The quantitative estimate of drug-likeness (QED) is 0.847. The first-order chi connectivity index (χ1) is 8.69. The number of rotatable bonds is 5. The van der Waals surface area contributed by atoms with E-state index in [4.69, 9.17) is 9.15 Å². The number of aromatic nitrogens is 1. The summed E-state index contributed by atoms with van der Waals surface area (Å²) in [7, 11) is 1.53. The van der Waals surface area contributed by atoms with Crippen LogP contribution in [-0.4, -0.2) is 17.2 Å². The maximum absolute atomic E-state index is 9.47. The molecule has 2 aromatic rings. The van der Waals surface area contributed by atoms with E-state index in [2.05, 4.69) is 10.3 Å². The monoisotopic (exact) mass is 248 g/mol. The third-order valence-corrected chi connectivity index (χ3v) is 2.52. The SMILES string of the molecule is COc1cc(CNCc2ncc(C)o2)ccc1O. The number of nitrogens with zero attached hydrogens (tertiary/aromatic N) is 1. The van der Waals surface area contributed by atoms with Crippen molar-refractivity contribution in [3.63, 3.8) is 0 Å². The van der Waals surface area contributed by atoms with Crippen molar-refractivity contribution in [1.29, 1.82) is 0 Å². The topological polar surface area (TPSA) is 67.5 Å². The molecule has 2 N–H and O–H groups in total. The summed E-state index contributed by atoms with van der Waals surface area (Å²) >= 11 is 0. The smallest absolute Gasteiger partial charge is 0.208 e. The largest absolute Gasteiger partial charge is 0.504 e. The lowest BCUT2D eigenvalue weighted by Gasteiger charge is -2.07. The number of methoxy groups -OCH3 is 1.